The maximum atomic E-state index is 12.7. The third-order valence-corrected chi connectivity index (χ3v) is 4.15. The summed E-state index contributed by atoms with van der Waals surface area (Å²) >= 11 is 0. The molecule has 1 saturated heterocycles. The molecule has 0 aromatic heterocycles. The number of β-lactam (4-membered cyclic amide) rings is 1. The minimum atomic E-state index is -4.40. The van der Waals surface area contributed by atoms with Gasteiger partial charge in [0, 0.05) is 5.69 Å². The smallest absolute Gasteiger partial charge is 0.416 e. The van der Waals surface area contributed by atoms with E-state index >= 15 is 0 Å². The largest absolute Gasteiger partial charge is 0.494 e. The molecule has 1 aliphatic heterocycles. The van der Waals surface area contributed by atoms with Crippen LogP contribution < -0.4 is 15.4 Å². The van der Waals surface area contributed by atoms with Gasteiger partial charge in [0.2, 0.25) is 5.91 Å². The van der Waals surface area contributed by atoms with Crippen LogP contribution >= 0.6 is 0 Å². The van der Waals surface area contributed by atoms with Crippen LogP contribution in [0.15, 0.2) is 48.5 Å². The highest BCUT2D eigenvalue weighted by molar-refractivity contribution is 6.05. The minimum Gasteiger partial charge on any atom is -0.494 e. The number of carbonyl (C=O) groups is 1. The Kier molecular flexibility index (Phi) is 4.43. The molecule has 0 radical (unpaired) electrons. The number of nitrogens with zero attached hydrogens (tertiary/aromatic N) is 1. The zero-order valence-corrected chi connectivity index (χ0v) is 13.5. The van der Waals surface area contributed by atoms with Crippen LogP contribution in [0.1, 0.15) is 24.1 Å². The number of anilines is 1. The van der Waals surface area contributed by atoms with Crippen molar-refractivity contribution in [2.45, 2.75) is 25.2 Å². The summed E-state index contributed by atoms with van der Waals surface area (Å²) < 4.78 is 43.5. The summed E-state index contributed by atoms with van der Waals surface area (Å²) in [6.07, 6.45) is -4.40. The topological polar surface area (TPSA) is 55.6 Å². The molecule has 0 saturated carbocycles. The Morgan fingerprint density at radius 2 is 1.68 bits per heavy atom. The van der Waals surface area contributed by atoms with Gasteiger partial charge < -0.3 is 15.4 Å². The number of alkyl halides is 3. The molecule has 2 atom stereocenters. The molecule has 7 heteroatoms. The van der Waals surface area contributed by atoms with Gasteiger partial charge in [-0.1, -0.05) is 12.1 Å². The molecule has 1 fully saturated rings. The lowest BCUT2D eigenvalue weighted by atomic mass is 9.88. The minimum absolute atomic E-state index is 0.269. The molecular weight excluding hydrogens is 333 g/mol. The third kappa shape index (κ3) is 3.19. The van der Waals surface area contributed by atoms with E-state index in [9.17, 15) is 18.0 Å². The Labute approximate surface area is 143 Å². The fourth-order valence-electron chi connectivity index (χ4n) is 2.89. The third-order valence-electron chi connectivity index (χ3n) is 4.15. The summed E-state index contributed by atoms with van der Waals surface area (Å²) in [5, 5.41) is 0. The molecule has 0 bridgehead atoms. The van der Waals surface area contributed by atoms with Crippen molar-refractivity contribution in [1.29, 1.82) is 0 Å². The molecule has 4 nitrogen and oxygen atoms in total. The van der Waals surface area contributed by atoms with Gasteiger partial charge in [-0.3, -0.25) is 4.79 Å². The lowest BCUT2D eigenvalue weighted by molar-refractivity contribution is -0.137. The van der Waals surface area contributed by atoms with Gasteiger partial charge in [0.1, 0.15) is 11.8 Å². The van der Waals surface area contributed by atoms with Gasteiger partial charge in [0.15, 0.2) is 0 Å². The SMILES string of the molecule is CCOc1ccc(N2C(=O)[C@@H](N)[C@H]2c2ccc(C(F)(F)F)cc2)cc1. The van der Waals surface area contributed by atoms with Crippen molar-refractivity contribution in [2.24, 2.45) is 5.73 Å². The lowest BCUT2D eigenvalue weighted by Crippen LogP contribution is -2.63. The summed E-state index contributed by atoms with van der Waals surface area (Å²) in [7, 11) is 0. The van der Waals surface area contributed by atoms with Crippen molar-refractivity contribution in [2.75, 3.05) is 11.5 Å². The molecule has 1 heterocycles. The molecule has 2 N–H and O–H groups in total. The van der Waals surface area contributed by atoms with Crippen molar-refractivity contribution in [1.82, 2.24) is 0 Å². The maximum absolute atomic E-state index is 12.7. The molecule has 2 aromatic rings. The van der Waals surface area contributed by atoms with Gasteiger partial charge in [-0.15, -0.1) is 0 Å². The molecule has 0 spiro atoms. The normalized spacial score (nSPS) is 20.4. The zero-order valence-electron chi connectivity index (χ0n) is 13.5. The summed E-state index contributed by atoms with van der Waals surface area (Å²) in [4.78, 5) is 13.7. The maximum Gasteiger partial charge on any atom is 0.416 e. The van der Waals surface area contributed by atoms with Crippen molar-refractivity contribution in [3.05, 3.63) is 59.7 Å². The van der Waals surface area contributed by atoms with Gasteiger partial charge in [-0.2, -0.15) is 13.2 Å². The zero-order chi connectivity index (χ0) is 18.2. The Bertz CT molecular complexity index is 757. The molecule has 3 rings (SSSR count). The van der Waals surface area contributed by atoms with Gasteiger partial charge in [-0.05, 0) is 48.9 Å². The summed E-state index contributed by atoms with van der Waals surface area (Å²) in [5.74, 6) is 0.406. The molecule has 1 aliphatic rings. The second-order valence-corrected chi connectivity index (χ2v) is 5.73. The van der Waals surface area contributed by atoms with Gasteiger partial charge in [0.05, 0.1) is 18.2 Å². The average molecular weight is 350 g/mol. The Morgan fingerprint density at radius 3 is 2.20 bits per heavy atom. The van der Waals surface area contributed by atoms with Gasteiger partial charge in [-0.25, -0.2) is 0 Å². The van der Waals surface area contributed by atoms with E-state index < -0.39 is 23.8 Å². The molecular formula is C18H17F3N2O2. The average Bonchev–Trinajstić information content (AvgIpc) is 2.59. The van der Waals surface area contributed by atoms with E-state index in [-0.39, 0.29) is 5.91 Å². The number of halogens is 3. The van der Waals surface area contributed by atoms with Crippen LogP contribution in [0.4, 0.5) is 18.9 Å². The van der Waals surface area contributed by atoms with Crippen molar-refractivity contribution in [3.8, 4) is 5.75 Å². The van der Waals surface area contributed by atoms with Crippen LogP contribution in [0.5, 0.6) is 5.75 Å². The van der Waals surface area contributed by atoms with Crippen LogP contribution in [-0.2, 0) is 11.0 Å². The van der Waals surface area contributed by atoms with E-state index in [0.717, 1.165) is 12.1 Å². The van der Waals surface area contributed by atoms with Crippen LogP contribution in [0.2, 0.25) is 0 Å². The first-order valence-electron chi connectivity index (χ1n) is 7.81. The van der Waals surface area contributed by atoms with Crippen molar-refractivity contribution >= 4 is 11.6 Å². The number of carbonyl (C=O) groups excluding carboxylic acids is 1. The van der Waals surface area contributed by atoms with Crippen molar-refractivity contribution < 1.29 is 22.7 Å². The quantitative estimate of drug-likeness (QED) is 0.859. The van der Waals surface area contributed by atoms with Gasteiger partial charge >= 0.3 is 6.18 Å². The monoisotopic (exact) mass is 350 g/mol. The fourth-order valence-corrected chi connectivity index (χ4v) is 2.89. The van der Waals surface area contributed by atoms with Gasteiger partial charge in [0.25, 0.3) is 0 Å². The predicted molar refractivity (Wildman–Crippen MR) is 87.3 cm³/mol. The second kappa shape index (κ2) is 6.40. The van der Waals surface area contributed by atoms with Crippen molar-refractivity contribution in [3.63, 3.8) is 0 Å². The van der Waals surface area contributed by atoms with E-state index in [1.54, 1.807) is 24.3 Å². The summed E-state index contributed by atoms with van der Waals surface area (Å²) in [6, 6.07) is 10.4. The highest BCUT2D eigenvalue weighted by atomic mass is 19.4. The van der Waals surface area contributed by atoms with Crippen LogP contribution in [0.3, 0.4) is 0 Å². The standard InChI is InChI=1S/C18H17F3N2O2/c1-2-25-14-9-7-13(8-10-14)23-16(15(22)17(23)24)11-3-5-12(6-4-11)18(19,20)21/h3-10,15-16H,2,22H2,1H3/t15-,16+/m0/s1. The Hall–Kier alpha value is -2.54. The molecule has 1 amide bonds. The summed E-state index contributed by atoms with van der Waals surface area (Å²) in [6.45, 7) is 2.40. The number of nitrogens with two attached hydrogens (primary N) is 1. The Morgan fingerprint density at radius 1 is 1.08 bits per heavy atom. The van der Waals surface area contributed by atoms with Crippen LogP contribution in [-0.4, -0.2) is 18.6 Å². The molecule has 25 heavy (non-hydrogen) atoms. The molecule has 2 aromatic carbocycles. The van der Waals surface area contributed by atoms with Crippen LogP contribution in [0.25, 0.3) is 0 Å². The molecule has 132 valence electrons. The summed E-state index contributed by atoms with van der Waals surface area (Å²) in [5.41, 5.74) is 6.35. The first-order valence-corrected chi connectivity index (χ1v) is 7.81. The predicted octanol–water partition coefficient (Wildman–Crippen LogP) is 3.52. The second-order valence-electron chi connectivity index (χ2n) is 5.73. The molecule has 0 aliphatic carbocycles. The van der Waals surface area contributed by atoms with E-state index in [1.165, 1.54) is 17.0 Å². The molecule has 0 unspecified atom stereocenters. The fraction of sp³-hybridized carbons (Fsp3) is 0.278. The first kappa shape index (κ1) is 17.3. The number of ether oxygens (including phenoxy) is 1. The van der Waals surface area contributed by atoms with E-state index in [4.69, 9.17) is 10.5 Å². The highest BCUT2D eigenvalue weighted by Crippen LogP contribution is 2.39. The first-order chi connectivity index (χ1) is 11.8. The number of amides is 1. The number of rotatable bonds is 4. The number of hydrogen-bond acceptors (Lipinski definition) is 3. The number of benzene rings is 2. The van der Waals surface area contributed by atoms with E-state index in [1.807, 2.05) is 6.92 Å². The number of hydrogen-bond donors (Lipinski definition) is 1. The van der Waals surface area contributed by atoms with E-state index in [2.05, 4.69) is 0 Å². The van der Waals surface area contributed by atoms with E-state index in [0.29, 0.717) is 23.6 Å². The highest BCUT2D eigenvalue weighted by Gasteiger charge is 2.46. The Balaban J connectivity index is 1.86. The lowest BCUT2D eigenvalue weighted by Gasteiger charge is -2.45. The van der Waals surface area contributed by atoms with Crippen LogP contribution in [0, 0.1) is 0 Å².